The van der Waals surface area contributed by atoms with Crippen molar-refractivity contribution < 1.29 is 4.52 Å². The Kier molecular flexibility index (Phi) is 3.78. The van der Waals surface area contributed by atoms with Gasteiger partial charge in [-0.25, -0.2) is 0 Å². The molecule has 0 aliphatic rings. The van der Waals surface area contributed by atoms with E-state index in [4.69, 9.17) is 10.3 Å². The third-order valence-electron chi connectivity index (χ3n) is 3.01. The van der Waals surface area contributed by atoms with Gasteiger partial charge in [0, 0.05) is 4.47 Å². The summed E-state index contributed by atoms with van der Waals surface area (Å²) in [7, 11) is 0. The molecule has 0 aliphatic carbocycles. The van der Waals surface area contributed by atoms with Gasteiger partial charge in [-0.3, -0.25) is 0 Å². The van der Waals surface area contributed by atoms with Gasteiger partial charge in [0.1, 0.15) is 0 Å². The molecule has 0 spiro atoms. The zero-order chi connectivity index (χ0) is 14.2. The van der Waals surface area contributed by atoms with Crippen LogP contribution in [0.5, 0.6) is 0 Å². The lowest BCUT2D eigenvalue weighted by molar-refractivity contribution is 0.303. The van der Waals surface area contributed by atoms with Crippen LogP contribution < -0.4 is 5.73 Å². The molecule has 0 saturated carbocycles. The van der Waals surface area contributed by atoms with Crippen LogP contribution in [0.15, 0.2) is 27.2 Å². The molecular formula is C14H18BrN3O. The zero-order valence-corrected chi connectivity index (χ0v) is 13.2. The summed E-state index contributed by atoms with van der Waals surface area (Å²) in [5.41, 5.74) is 8.07. The van der Waals surface area contributed by atoms with Crippen LogP contribution in [0.25, 0.3) is 11.5 Å². The van der Waals surface area contributed by atoms with E-state index in [2.05, 4.69) is 46.8 Å². The number of rotatable bonds is 2. The molecule has 1 aromatic heterocycles. The van der Waals surface area contributed by atoms with E-state index >= 15 is 0 Å². The molecule has 0 radical (unpaired) electrons. The number of halogens is 1. The van der Waals surface area contributed by atoms with Crippen LogP contribution in [0, 0.1) is 12.3 Å². The lowest BCUT2D eigenvalue weighted by Crippen LogP contribution is -2.27. The normalized spacial score (nSPS) is 13.6. The lowest BCUT2D eigenvalue weighted by Gasteiger charge is -2.23. The number of hydrogen-bond donors (Lipinski definition) is 1. The molecule has 0 aliphatic heterocycles. The van der Waals surface area contributed by atoms with Crippen LogP contribution in [0.4, 0.5) is 0 Å². The summed E-state index contributed by atoms with van der Waals surface area (Å²) in [4.78, 5) is 4.40. The highest BCUT2D eigenvalue weighted by Gasteiger charge is 2.27. The third-order valence-corrected chi connectivity index (χ3v) is 3.66. The number of aromatic nitrogens is 2. The molecule has 2 N–H and O–H groups in total. The molecule has 1 heterocycles. The van der Waals surface area contributed by atoms with Crippen LogP contribution in [-0.2, 0) is 0 Å². The van der Waals surface area contributed by atoms with Crippen molar-refractivity contribution in [1.82, 2.24) is 10.1 Å². The second-order valence-corrected chi connectivity index (χ2v) is 6.64. The van der Waals surface area contributed by atoms with Crippen LogP contribution in [0.2, 0.25) is 0 Å². The fourth-order valence-corrected chi connectivity index (χ4v) is 2.31. The first-order valence-electron chi connectivity index (χ1n) is 6.15. The van der Waals surface area contributed by atoms with Crippen molar-refractivity contribution in [3.63, 3.8) is 0 Å². The van der Waals surface area contributed by atoms with Crippen molar-refractivity contribution in [2.45, 2.75) is 33.7 Å². The van der Waals surface area contributed by atoms with Gasteiger partial charge in [-0.2, -0.15) is 4.98 Å². The van der Waals surface area contributed by atoms with E-state index in [1.54, 1.807) is 0 Å². The van der Waals surface area contributed by atoms with Gasteiger partial charge in [0.15, 0.2) is 5.82 Å². The van der Waals surface area contributed by atoms with Gasteiger partial charge in [0.25, 0.3) is 5.89 Å². The first kappa shape index (κ1) is 14.2. The summed E-state index contributed by atoms with van der Waals surface area (Å²) in [5, 5.41) is 3.99. The fourth-order valence-electron chi connectivity index (χ4n) is 1.65. The molecule has 0 saturated heterocycles. The summed E-state index contributed by atoms with van der Waals surface area (Å²) < 4.78 is 6.25. The summed E-state index contributed by atoms with van der Waals surface area (Å²) in [5.74, 6) is 1.02. The molecule has 0 fully saturated rings. The van der Waals surface area contributed by atoms with Crippen LogP contribution in [0.3, 0.4) is 0 Å². The van der Waals surface area contributed by atoms with Gasteiger partial charge < -0.3 is 10.3 Å². The molecule has 102 valence electrons. The highest BCUT2D eigenvalue weighted by atomic mass is 79.9. The molecule has 5 heteroatoms. The monoisotopic (exact) mass is 323 g/mol. The summed E-state index contributed by atoms with van der Waals surface area (Å²) >= 11 is 3.51. The maximum Gasteiger partial charge on any atom is 0.259 e. The van der Waals surface area contributed by atoms with Gasteiger partial charge in [0.05, 0.1) is 11.6 Å². The Bertz CT molecular complexity index is 587. The first-order valence-corrected chi connectivity index (χ1v) is 6.94. The van der Waals surface area contributed by atoms with E-state index in [0.717, 1.165) is 10.0 Å². The summed E-state index contributed by atoms with van der Waals surface area (Å²) in [6.45, 7) is 8.18. The molecule has 0 amide bonds. The number of benzene rings is 1. The van der Waals surface area contributed by atoms with E-state index in [1.165, 1.54) is 5.56 Å². The number of hydrogen-bond acceptors (Lipinski definition) is 4. The molecule has 0 bridgehead atoms. The van der Waals surface area contributed by atoms with Crippen molar-refractivity contribution >= 4 is 15.9 Å². The van der Waals surface area contributed by atoms with Gasteiger partial charge in [-0.1, -0.05) is 32.0 Å². The Morgan fingerprint density at radius 1 is 1.32 bits per heavy atom. The van der Waals surface area contributed by atoms with Crippen LogP contribution in [0.1, 0.15) is 38.2 Å². The van der Waals surface area contributed by atoms with Gasteiger partial charge in [-0.15, -0.1) is 0 Å². The Morgan fingerprint density at radius 3 is 2.58 bits per heavy atom. The van der Waals surface area contributed by atoms with E-state index in [9.17, 15) is 0 Å². The molecule has 19 heavy (non-hydrogen) atoms. The minimum absolute atomic E-state index is 0.106. The molecular weight excluding hydrogens is 306 g/mol. The van der Waals surface area contributed by atoms with E-state index in [-0.39, 0.29) is 11.5 Å². The smallest absolute Gasteiger partial charge is 0.259 e. The Balaban J connectivity index is 2.36. The van der Waals surface area contributed by atoms with Crippen molar-refractivity contribution in [3.8, 4) is 11.5 Å². The van der Waals surface area contributed by atoms with Crippen LogP contribution >= 0.6 is 15.9 Å². The molecule has 1 atom stereocenters. The van der Waals surface area contributed by atoms with Gasteiger partial charge in [0.2, 0.25) is 0 Å². The Hall–Kier alpha value is -1.20. The highest BCUT2D eigenvalue weighted by Crippen LogP contribution is 2.32. The molecule has 4 nitrogen and oxygen atoms in total. The first-order chi connectivity index (χ1) is 8.79. The molecule has 1 aromatic carbocycles. The van der Waals surface area contributed by atoms with Crippen molar-refractivity contribution in [1.29, 1.82) is 0 Å². The largest absolute Gasteiger partial charge is 0.334 e. The van der Waals surface area contributed by atoms with Crippen molar-refractivity contribution in [3.05, 3.63) is 34.1 Å². The maximum absolute atomic E-state index is 6.13. The second-order valence-electron chi connectivity index (χ2n) is 5.78. The van der Waals surface area contributed by atoms with Crippen molar-refractivity contribution in [2.75, 3.05) is 0 Å². The lowest BCUT2D eigenvalue weighted by atomic mass is 9.87. The topological polar surface area (TPSA) is 64.9 Å². The Morgan fingerprint density at radius 2 is 2.00 bits per heavy atom. The van der Waals surface area contributed by atoms with E-state index in [0.29, 0.717) is 11.7 Å². The minimum Gasteiger partial charge on any atom is -0.334 e. The number of nitrogens with two attached hydrogens (primary N) is 1. The molecule has 2 aromatic rings. The standard InChI is InChI=1S/C14H18BrN3O/c1-8-5-6-9(10(15)7-8)13-17-12(18-19-13)11(16)14(2,3)4/h5-7,11H,16H2,1-4H3. The van der Waals surface area contributed by atoms with Crippen molar-refractivity contribution in [2.24, 2.45) is 11.1 Å². The zero-order valence-electron chi connectivity index (χ0n) is 11.6. The van der Waals surface area contributed by atoms with Gasteiger partial charge in [-0.05, 0) is 46.0 Å². The minimum atomic E-state index is -0.255. The van der Waals surface area contributed by atoms with E-state index < -0.39 is 0 Å². The fraction of sp³-hybridized carbons (Fsp3) is 0.429. The van der Waals surface area contributed by atoms with E-state index in [1.807, 2.05) is 25.1 Å². The summed E-state index contributed by atoms with van der Waals surface area (Å²) in [6.07, 6.45) is 0. The Labute approximate surface area is 121 Å². The quantitative estimate of drug-likeness (QED) is 0.911. The maximum atomic E-state index is 6.13. The predicted molar refractivity (Wildman–Crippen MR) is 78.6 cm³/mol. The summed E-state index contributed by atoms with van der Waals surface area (Å²) in [6, 6.07) is 5.73. The van der Waals surface area contributed by atoms with Gasteiger partial charge >= 0.3 is 0 Å². The molecule has 2 rings (SSSR count). The third kappa shape index (κ3) is 3.04. The SMILES string of the molecule is Cc1ccc(-c2nc(C(N)C(C)(C)C)no2)c(Br)c1. The average Bonchev–Trinajstić information content (AvgIpc) is 2.75. The number of aryl methyl sites for hydroxylation is 1. The average molecular weight is 324 g/mol. The second kappa shape index (κ2) is 5.06. The molecule has 1 unspecified atom stereocenters. The highest BCUT2D eigenvalue weighted by molar-refractivity contribution is 9.10. The predicted octanol–water partition coefficient (Wildman–Crippen LogP) is 3.85. The van der Waals surface area contributed by atoms with Crippen LogP contribution in [-0.4, -0.2) is 10.1 Å². The number of nitrogens with zero attached hydrogens (tertiary/aromatic N) is 2.